The number of carboxylic acids is 2. The third kappa shape index (κ3) is 4.47. The van der Waals surface area contributed by atoms with E-state index in [0.29, 0.717) is 5.92 Å². The zero-order valence-electron chi connectivity index (χ0n) is 14.8. The Balaban J connectivity index is 3.23. The highest BCUT2D eigenvalue weighted by atomic mass is 16.4. The van der Waals surface area contributed by atoms with Gasteiger partial charge in [0, 0.05) is 0 Å². The minimum Gasteiger partial charge on any atom is -0.481 e. The molecular weight excluding hydrogens is 280 g/mol. The summed E-state index contributed by atoms with van der Waals surface area (Å²) in [5.74, 6) is -2.18. The van der Waals surface area contributed by atoms with Gasteiger partial charge in [-0.05, 0) is 41.4 Å². The van der Waals surface area contributed by atoms with Gasteiger partial charge in [0.15, 0.2) is 0 Å². The highest BCUT2D eigenvalue weighted by Gasteiger charge is 2.49. The summed E-state index contributed by atoms with van der Waals surface area (Å²) in [7, 11) is 0. The fraction of sp³-hybridized carbons (Fsp3) is 0.889. The van der Waals surface area contributed by atoms with Crippen LogP contribution in [0.25, 0.3) is 0 Å². The van der Waals surface area contributed by atoms with Crippen LogP contribution in [0.1, 0.15) is 67.2 Å². The highest BCUT2D eigenvalue weighted by Crippen LogP contribution is 2.54. The predicted molar refractivity (Wildman–Crippen MR) is 86.6 cm³/mol. The van der Waals surface area contributed by atoms with E-state index in [1.165, 1.54) is 0 Å². The van der Waals surface area contributed by atoms with Gasteiger partial charge in [-0.3, -0.25) is 9.59 Å². The van der Waals surface area contributed by atoms with Gasteiger partial charge in [-0.1, -0.05) is 48.0 Å². The SMILES string of the molecule is CC(C)(C)C1CCCC(C(CC(=O)O)C(=O)O)C1C(C)(C)C. The molecule has 4 atom stereocenters. The normalized spacial score (nSPS) is 28.2. The summed E-state index contributed by atoms with van der Waals surface area (Å²) in [6.07, 6.45) is 2.63. The number of carboxylic acid groups (broad SMARTS) is 2. The predicted octanol–water partition coefficient (Wildman–Crippen LogP) is 4.29. The third-order valence-electron chi connectivity index (χ3n) is 5.29. The van der Waals surface area contributed by atoms with Crippen molar-refractivity contribution in [2.45, 2.75) is 67.2 Å². The summed E-state index contributed by atoms with van der Waals surface area (Å²) in [4.78, 5) is 22.8. The molecule has 0 aromatic carbocycles. The topological polar surface area (TPSA) is 74.6 Å². The van der Waals surface area contributed by atoms with Crippen LogP contribution >= 0.6 is 0 Å². The molecule has 4 unspecified atom stereocenters. The molecule has 4 heteroatoms. The minimum absolute atomic E-state index is 0.0325. The van der Waals surface area contributed by atoms with E-state index >= 15 is 0 Å². The lowest BCUT2D eigenvalue weighted by molar-refractivity contribution is -0.154. The molecule has 1 aliphatic carbocycles. The molecular formula is C18H32O4. The van der Waals surface area contributed by atoms with Crippen LogP contribution < -0.4 is 0 Å². The van der Waals surface area contributed by atoms with Gasteiger partial charge >= 0.3 is 11.9 Å². The Morgan fingerprint density at radius 3 is 1.91 bits per heavy atom. The van der Waals surface area contributed by atoms with Gasteiger partial charge in [0.05, 0.1) is 12.3 Å². The standard InChI is InChI=1S/C18H32O4/c1-17(2,3)13-9-7-8-11(15(13)18(4,5)6)12(16(21)22)10-14(19)20/h11-13,15H,7-10H2,1-6H3,(H,19,20)(H,21,22). The largest absolute Gasteiger partial charge is 0.481 e. The van der Waals surface area contributed by atoms with Gasteiger partial charge in [-0.15, -0.1) is 0 Å². The molecule has 0 aliphatic heterocycles. The Hall–Kier alpha value is -1.06. The zero-order valence-corrected chi connectivity index (χ0v) is 14.8. The van der Waals surface area contributed by atoms with Gasteiger partial charge in [0.2, 0.25) is 0 Å². The van der Waals surface area contributed by atoms with Gasteiger partial charge in [0.1, 0.15) is 0 Å². The van der Waals surface area contributed by atoms with Crippen LogP contribution in [-0.4, -0.2) is 22.2 Å². The van der Waals surface area contributed by atoms with Crippen molar-refractivity contribution in [3.05, 3.63) is 0 Å². The van der Waals surface area contributed by atoms with Crippen molar-refractivity contribution in [2.75, 3.05) is 0 Å². The number of aliphatic carboxylic acids is 2. The maximum absolute atomic E-state index is 11.7. The second-order valence-corrected chi connectivity index (χ2v) is 9.00. The highest BCUT2D eigenvalue weighted by molar-refractivity contribution is 5.78. The number of carbonyl (C=O) groups is 2. The maximum Gasteiger partial charge on any atom is 0.307 e. The van der Waals surface area contributed by atoms with Gasteiger partial charge in [-0.2, -0.15) is 0 Å². The molecule has 0 aromatic heterocycles. The van der Waals surface area contributed by atoms with E-state index in [1.807, 2.05) is 0 Å². The molecule has 2 N–H and O–H groups in total. The first-order chi connectivity index (χ1) is 9.85. The lowest BCUT2D eigenvalue weighted by atomic mass is 9.53. The molecule has 1 fully saturated rings. The lowest BCUT2D eigenvalue weighted by Gasteiger charge is -2.52. The summed E-state index contributed by atoms with van der Waals surface area (Å²) in [6, 6.07) is 0. The zero-order chi connectivity index (χ0) is 17.3. The average Bonchev–Trinajstić information content (AvgIpc) is 2.32. The first-order valence-corrected chi connectivity index (χ1v) is 8.30. The summed E-state index contributed by atoms with van der Waals surface area (Å²) in [5, 5.41) is 18.7. The Morgan fingerprint density at radius 2 is 1.55 bits per heavy atom. The van der Waals surface area contributed by atoms with Crippen molar-refractivity contribution in [3.63, 3.8) is 0 Å². The Bertz CT molecular complexity index is 414. The van der Waals surface area contributed by atoms with Crippen LogP contribution in [0.4, 0.5) is 0 Å². The van der Waals surface area contributed by atoms with Crippen molar-refractivity contribution in [1.29, 1.82) is 0 Å². The number of hydrogen-bond acceptors (Lipinski definition) is 2. The maximum atomic E-state index is 11.7. The fourth-order valence-electron chi connectivity index (χ4n) is 4.51. The van der Waals surface area contributed by atoms with Crippen LogP contribution in [0, 0.1) is 34.5 Å². The molecule has 0 amide bonds. The Kier molecular flexibility index (Phi) is 5.69. The average molecular weight is 312 g/mol. The molecule has 0 saturated heterocycles. The van der Waals surface area contributed by atoms with Crippen LogP contribution in [0.3, 0.4) is 0 Å². The van der Waals surface area contributed by atoms with E-state index in [-0.39, 0.29) is 29.1 Å². The molecule has 0 aromatic rings. The van der Waals surface area contributed by atoms with Crippen LogP contribution in [-0.2, 0) is 9.59 Å². The first kappa shape index (κ1) is 19.0. The quantitative estimate of drug-likeness (QED) is 0.812. The molecule has 1 saturated carbocycles. The van der Waals surface area contributed by atoms with Gasteiger partial charge in [-0.25, -0.2) is 0 Å². The van der Waals surface area contributed by atoms with Crippen molar-refractivity contribution in [3.8, 4) is 0 Å². The number of rotatable bonds is 4. The monoisotopic (exact) mass is 312 g/mol. The van der Waals surface area contributed by atoms with Crippen LogP contribution in [0.15, 0.2) is 0 Å². The Morgan fingerprint density at radius 1 is 1.00 bits per heavy atom. The summed E-state index contributed by atoms with van der Waals surface area (Å²) >= 11 is 0. The van der Waals surface area contributed by atoms with E-state index in [1.54, 1.807) is 0 Å². The summed E-state index contributed by atoms with van der Waals surface area (Å²) in [6.45, 7) is 13.1. The van der Waals surface area contributed by atoms with Crippen LogP contribution in [0.5, 0.6) is 0 Å². The van der Waals surface area contributed by atoms with Crippen molar-refractivity contribution < 1.29 is 19.8 Å². The van der Waals surface area contributed by atoms with Crippen molar-refractivity contribution >= 4 is 11.9 Å². The number of hydrogen-bond donors (Lipinski definition) is 2. The molecule has 0 heterocycles. The molecule has 0 bridgehead atoms. The van der Waals surface area contributed by atoms with Crippen molar-refractivity contribution in [2.24, 2.45) is 34.5 Å². The lowest BCUT2D eigenvalue weighted by Crippen LogP contribution is -2.47. The minimum atomic E-state index is -1.02. The van der Waals surface area contributed by atoms with Gasteiger partial charge in [0.25, 0.3) is 0 Å². The third-order valence-corrected chi connectivity index (χ3v) is 5.29. The van der Waals surface area contributed by atoms with Gasteiger partial charge < -0.3 is 10.2 Å². The van der Waals surface area contributed by atoms with Crippen LogP contribution in [0.2, 0.25) is 0 Å². The van der Waals surface area contributed by atoms with E-state index in [4.69, 9.17) is 5.11 Å². The van der Waals surface area contributed by atoms with Crippen molar-refractivity contribution in [1.82, 2.24) is 0 Å². The molecule has 128 valence electrons. The molecule has 22 heavy (non-hydrogen) atoms. The smallest absolute Gasteiger partial charge is 0.307 e. The molecule has 4 nitrogen and oxygen atoms in total. The molecule has 0 spiro atoms. The second kappa shape index (κ2) is 6.59. The molecule has 1 aliphatic rings. The first-order valence-electron chi connectivity index (χ1n) is 8.30. The van der Waals surface area contributed by atoms with E-state index < -0.39 is 17.9 Å². The van der Waals surface area contributed by atoms with E-state index in [0.717, 1.165) is 19.3 Å². The Labute approximate surface area is 134 Å². The summed E-state index contributed by atoms with van der Waals surface area (Å²) < 4.78 is 0. The van der Waals surface area contributed by atoms with E-state index in [9.17, 15) is 14.7 Å². The summed E-state index contributed by atoms with van der Waals surface area (Å²) in [5.41, 5.74) is 0.0676. The second-order valence-electron chi connectivity index (χ2n) is 9.00. The van der Waals surface area contributed by atoms with E-state index in [2.05, 4.69) is 41.5 Å². The molecule has 1 rings (SSSR count). The molecule has 0 radical (unpaired) electrons. The fourth-order valence-corrected chi connectivity index (χ4v) is 4.51.